The van der Waals surface area contributed by atoms with Crippen LogP contribution < -0.4 is 5.48 Å². The van der Waals surface area contributed by atoms with Crippen molar-refractivity contribution in [2.75, 3.05) is 0 Å². The molecule has 0 unspecified atom stereocenters. The molecule has 2 N–H and O–H groups in total. The minimum Gasteiger partial charge on any atom is -0.507 e. The number of aromatic hydroxyl groups is 1. The molecule has 1 heterocycles. The Bertz CT molecular complexity index is 1070. The normalized spacial score (nSPS) is 11.0. The van der Waals surface area contributed by atoms with Crippen LogP contribution in [0.1, 0.15) is 25.0 Å². The zero-order valence-electron chi connectivity index (χ0n) is 13.8. The highest BCUT2D eigenvalue weighted by molar-refractivity contribution is 7.94. The summed E-state index contributed by atoms with van der Waals surface area (Å²) < 4.78 is 4.93. The van der Waals surface area contributed by atoms with Gasteiger partial charge in [-0.25, -0.2) is 0 Å². The number of fused-ring (bicyclic) bond motifs is 3. The van der Waals surface area contributed by atoms with Crippen LogP contribution in [0, 0.1) is 22.7 Å². The minimum absolute atomic E-state index is 0.0344. The van der Waals surface area contributed by atoms with Crippen molar-refractivity contribution in [3.63, 3.8) is 0 Å². The second kappa shape index (κ2) is 7.52. The van der Waals surface area contributed by atoms with Crippen LogP contribution in [0.2, 0.25) is 0 Å². The minimum atomic E-state index is -0.0344. The van der Waals surface area contributed by atoms with E-state index in [2.05, 4.69) is 15.7 Å². The zero-order valence-corrected chi connectivity index (χ0v) is 14.7. The second-order valence-electron chi connectivity index (χ2n) is 5.68. The summed E-state index contributed by atoms with van der Waals surface area (Å²) in [4.78, 5) is 5.19. The summed E-state index contributed by atoms with van der Waals surface area (Å²) >= 11 is 0.825. The molecular formula is C17H13N5O3S. The number of hydroxylamine groups is 1. The van der Waals surface area contributed by atoms with Gasteiger partial charge in [-0.05, 0) is 38.1 Å². The summed E-state index contributed by atoms with van der Waals surface area (Å²) in [5.74, 6) is -0.0344. The van der Waals surface area contributed by atoms with Crippen LogP contribution in [-0.2, 0) is 9.32 Å². The monoisotopic (exact) mass is 367 g/mol. The molecule has 130 valence electrons. The van der Waals surface area contributed by atoms with Crippen LogP contribution in [-0.4, -0.2) is 21.3 Å². The van der Waals surface area contributed by atoms with E-state index < -0.39 is 0 Å². The van der Waals surface area contributed by atoms with Gasteiger partial charge >= 0.3 is 0 Å². The molecule has 9 heteroatoms. The van der Waals surface area contributed by atoms with Crippen molar-refractivity contribution < 1.29 is 14.4 Å². The average molecular weight is 367 g/mol. The maximum atomic E-state index is 10.3. The van der Waals surface area contributed by atoms with Crippen molar-refractivity contribution in [3.05, 3.63) is 35.4 Å². The van der Waals surface area contributed by atoms with Crippen molar-refractivity contribution in [2.24, 2.45) is 0 Å². The molecule has 0 fully saturated rings. The topological polar surface area (TPSA) is 124 Å². The summed E-state index contributed by atoms with van der Waals surface area (Å²) in [5.41, 5.74) is 4.05. The van der Waals surface area contributed by atoms with E-state index in [9.17, 15) is 10.4 Å². The van der Waals surface area contributed by atoms with Gasteiger partial charge in [-0.3, -0.25) is 0 Å². The Morgan fingerprint density at radius 3 is 2.31 bits per heavy atom. The molecule has 8 nitrogen and oxygen atoms in total. The summed E-state index contributed by atoms with van der Waals surface area (Å²) in [6.07, 6.45) is 0. The zero-order chi connectivity index (χ0) is 18.7. The van der Waals surface area contributed by atoms with E-state index in [-0.39, 0.29) is 22.9 Å². The van der Waals surface area contributed by atoms with E-state index in [0.29, 0.717) is 26.7 Å². The van der Waals surface area contributed by atoms with Crippen molar-refractivity contribution in [3.8, 4) is 17.9 Å². The molecule has 3 rings (SSSR count). The first-order valence-corrected chi connectivity index (χ1v) is 8.30. The van der Waals surface area contributed by atoms with Crippen LogP contribution in [0.3, 0.4) is 0 Å². The Morgan fingerprint density at radius 2 is 1.65 bits per heavy atom. The van der Waals surface area contributed by atoms with Gasteiger partial charge in [0.1, 0.15) is 17.9 Å². The lowest BCUT2D eigenvalue weighted by atomic mass is 10.0. The van der Waals surface area contributed by atoms with Gasteiger partial charge in [0.15, 0.2) is 0 Å². The third kappa shape index (κ3) is 3.52. The Morgan fingerprint density at radius 1 is 1.04 bits per heavy atom. The highest BCUT2D eigenvalue weighted by Crippen LogP contribution is 2.35. The van der Waals surface area contributed by atoms with Crippen LogP contribution in [0.5, 0.6) is 5.75 Å². The van der Waals surface area contributed by atoms with E-state index >= 15 is 0 Å². The van der Waals surface area contributed by atoms with Gasteiger partial charge in [0, 0.05) is 16.8 Å². The van der Waals surface area contributed by atoms with Crippen LogP contribution in [0.4, 0.5) is 0 Å². The van der Waals surface area contributed by atoms with Gasteiger partial charge in [0.25, 0.3) is 0 Å². The molecule has 0 aliphatic heterocycles. The molecule has 0 spiro atoms. The number of nitriles is 2. The van der Waals surface area contributed by atoms with Gasteiger partial charge in [0.05, 0.1) is 39.1 Å². The Hall–Kier alpha value is -2.95. The molecule has 1 aromatic heterocycles. The van der Waals surface area contributed by atoms with Crippen LogP contribution >= 0.6 is 12.0 Å². The quantitative estimate of drug-likeness (QED) is 0.230. The summed E-state index contributed by atoms with van der Waals surface area (Å²) in [6.45, 7) is 3.77. The Balaban J connectivity index is 2.02. The first-order chi connectivity index (χ1) is 12.5. The summed E-state index contributed by atoms with van der Waals surface area (Å²) in [5, 5.41) is 38.0. The highest BCUT2D eigenvalue weighted by Gasteiger charge is 2.13. The number of hydrogen-bond donors (Lipinski definition) is 2. The number of nitrogens with zero attached hydrogens (tertiary/aromatic N) is 4. The van der Waals surface area contributed by atoms with Crippen LogP contribution in [0.15, 0.2) is 29.2 Å². The smallest absolute Gasteiger partial charge is 0.132 e. The maximum Gasteiger partial charge on any atom is 0.132 e. The number of nitrogens with one attached hydrogen (secondary N) is 1. The first-order valence-electron chi connectivity index (χ1n) is 7.56. The molecule has 0 saturated heterocycles. The van der Waals surface area contributed by atoms with Gasteiger partial charge in [-0.2, -0.15) is 16.0 Å². The average Bonchev–Trinajstić information content (AvgIpc) is 2.64. The van der Waals surface area contributed by atoms with Gasteiger partial charge in [0.2, 0.25) is 0 Å². The SMILES string of the molecule is CC(C)NOOSc1cc2nnc3cc(C#N)c(C#N)cc3c2cc1O. The molecule has 0 radical (unpaired) electrons. The number of phenols is 1. The van der Waals surface area contributed by atoms with E-state index in [1.54, 1.807) is 12.1 Å². The third-order valence-corrected chi connectivity index (χ3v) is 4.09. The molecule has 0 amide bonds. The summed E-state index contributed by atoms with van der Waals surface area (Å²) in [7, 11) is 0. The van der Waals surface area contributed by atoms with Gasteiger partial charge in [-0.1, -0.05) is 0 Å². The lowest BCUT2D eigenvalue weighted by molar-refractivity contribution is -0.251. The van der Waals surface area contributed by atoms with Gasteiger partial charge < -0.3 is 5.11 Å². The van der Waals surface area contributed by atoms with Crippen LogP contribution in [0.25, 0.3) is 21.8 Å². The Labute approximate surface area is 153 Å². The summed E-state index contributed by atoms with van der Waals surface area (Å²) in [6, 6.07) is 10.2. The largest absolute Gasteiger partial charge is 0.507 e. The molecule has 0 atom stereocenters. The van der Waals surface area contributed by atoms with Crippen molar-refractivity contribution in [1.82, 2.24) is 15.7 Å². The molecule has 2 aromatic carbocycles. The predicted molar refractivity (Wildman–Crippen MR) is 94.4 cm³/mol. The second-order valence-corrected chi connectivity index (χ2v) is 6.43. The fraction of sp³-hybridized carbons (Fsp3) is 0.176. The lowest BCUT2D eigenvalue weighted by Crippen LogP contribution is -2.21. The number of benzene rings is 2. The molecule has 3 aromatic rings. The molecule has 26 heavy (non-hydrogen) atoms. The molecule has 0 bridgehead atoms. The Kier molecular flexibility index (Phi) is 5.16. The maximum absolute atomic E-state index is 10.3. The van der Waals surface area contributed by atoms with Gasteiger partial charge in [-0.15, -0.1) is 19.5 Å². The van der Waals surface area contributed by atoms with Crippen molar-refractivity contribution in [1.29, 1.82) is 10.5 Å². The molecule has 0 saturated carbocycles. The number of rotatable bonds is 5. The van der Waals surface area contributed by atoms with Crippen molar-refractivity contribution in [2.45, 2.75) is 24.8 Å². The molecular weight excluding hydrogens is 354 g/mol. The van der Waals surface area contributed by atoms with E-state index in [4.69, 9.17) is 14.6 Å². The van der Waals surface area contributed by atoms with E-state index in [1.807, 2.05) is 26.0 Å². The standard InChI is InChI=1S/C17H13N5O3S/c1-9(2)22-24-25-26-17-6-15-13(5-16(17)23)12-3-10(7-18)11(8-19)4-14(12)20-21-15/h3-6,9,22-23H,1-2H3. The molecule has 0 aliphatic rings. The fourth-order valence-corrected chi connectivity index (χ4v) is 2.72. The van der Waals surface area contributed by atoms with E-state index in [1.165, 1.54) is 12.1 Å². The number of hydrogen-bond acceptors (Lipinski definition) is 9. The highest BCUT2D eigenvalue weighted by atomic mass is 32.2. The number of aromatic nitrogens is 2. The number of phenolic OH excluding ortho intramolecular Hbond substituents is 1. The fourth-order valence-electron chi connectivity index (χ4n) is 2.27. The molecule has 0 aliphatic carbocycles. The predicted octanol–water partition coefficient (Wildman–Crippen LogP) is 3.10. The first kappa shape index (κ1) is 17.9. The van der Waals surface area contributed by atoms with E-state index in [0.717, 1.165) is 12.0 Å². The van der Waals surface area contributed by atoms with Crippen molar-refractivity contribution >= 4 is 33.8 Å². The lowest BCUT2D eigenvalue weighted by Gasteiger charge is -2.09. The third-order valence-electron chi connectivity index (χ3n) is 3.45.